The van der Waals surface area contributed by atoms with E-state index in [1.54, 1.807) is 25.3 Å². The highest BCUT2D eigenvalue weighted by Gasteiger charge is 2.34. The minimum Gasteiger partial charge on any atom is -0.493 e. The molecular formula is C25H28N2O4S2. The Balaban J connectivity index is 1.69. The average Bonchev–Trinajstić information content (AvgIpc) is 3.07. The molecule has 174 valence electrons. The number of methoxy groups -OCH3 is 1. The number of carbonyl (C=O) groups excluding carboxylic acids is 2. The monoisotopic (exact) mass is 484 g/mol. The Labute approximate surface area is 204 Å². The van der Waals surface area contributed by atoms with Gasteiger partial charge in [-0.05, 0) is 61.0 Å². The number of unbranched alkanes of at least 4 members (excludes halogenated alkanes) is 3. The summed E-state index contributed by atoms with van der Waals surface area (Å²) in [7, 11) is 1.59. The highest BCUT2D eigenvalue weighted by Crippen LogP contribution is 2.34. The first-order valence-electron chi connectivity index (χ1n) is 10.9. The molecule has 2 aromatic carbocycles. The van der Waals surface area contributed by atoms with Gasteiger partial charge >= 0.3 is 0 Å². The molecule has 33 heavy (non-hydrogen) atoms. The number of hydrazine groups is 1. The van der Waals surface area contributed by atoms with Gasteiger partial charge in [0.15, 0.2) is 15.8 Å². The summed E-state index contributed by atoms with van der Waals surface area (Å²) in [6.07, 6.45) is 6.24. The van der Waals surface area contributed by atoms with Gasteiger partial charge in [-0.2, -0.15) is 5.01 Å². The molecule has 3 rings (SSSR count). The molecule has 2 amide bonds. The molecule has 1 heterocycles. The van der Waals surface area contributed by atoms with Crippen LogP contribution < -0.4 is 14.9 Å². The molecule has 0 atom stereocenters. The molecule has 0 aromatic heterocycles. The maximum absolute atomic E-state index is 12.9. The molecule has 2 aromatic rings. The van der Waals surface area contributed by atoms with Crippen molar-refractivity contribution in [2.75, 3.05) is 13.7 Å². The molecule has 6 nitrogen and oxygen atoms in total. The summed E-state index contributed by atoms with van der Waals surface area (Å²) >= 11 is 6.47. The Bertz CT molecular complexity index is 1070. The lowest BCUT2D eigenvalue weighted by Crippen LogP contribution is -2.45. The Morgan fingerprint density at radius 1 is 1.15 bits per heavy atom. The van der Waals surface area contributed by atoms with Gasteiger partial charge in [-0.3, -0.25) is 15.0 Å². The highest BCUT2D eigenvalue weighted by molar-refractivity contribution is 8.26. The molecule has 0 spiro atoms. The summed E-state index contributed by atoms with van der Waals surface area (Å²) in [6.45, 7) is 4.65. The zero-order valence-corrected chi connectivity index (χ0v) is 20.7. The molecule has 1 N–H and O–H groups in total. The summed E-state index contributed by atoms with van der Waals surface area (Å²) in [5, 5.41) is 1.12. The Kier molecular flexibility index (Phi) is 8.91. The van der Waals surface area contributed by atoms with Crippen molar-refractivity contribution in [3.8, 4) is 11.5 Å². The number of benzene rings is 2. The van der Waals surface area contributed by atoms with E-state index in [9.17, 15) is 9.59 Å². The van der Waals surface area contributed by atoms with E-state index in [4.69, 9.17) is 21.7 Å². The predicted octanol–water partition coefficient (Wildman–Crippen LogP) is 5.51. The number of hydrogen-bond acceptors (Lipinski definition) is 6. The Morgan fingerprint density at radius 3 is 2.67 bits per heavy atom. The van der Waals surface area contributed by atoms with E-state index < -0.39 is 0 Å². The van der Waals surface area contributed by atoms with Gasteiger partial charge in [-0.25, -0.2) is 0 Å². The lowest BCUT2D eigenvalue weighted by atomic mass is 10.1. The van der Waals surface area contributed by atoms with Gasteiger partial charge in [0, 0.05) is 5.56 Å². The molecule has 0 aliphatic carbocycles. The van der Waals surface area contributed by atoms with Crippen LogP contribution in [0.15, 0.2) is 47.4 Å². The molecule has 1 fully saturated rings. The molecular weight excluding hydrogens is 456 g/mol. The number of nitrogens with zero attached hydrogens (tertiary/aromatic N) is 1. The first-order valence-corrected chi connectivity index (χ1v) is 12.1. The molecule has 1 saturated heterocycles. The first kappa shape index (κ1) is 24.8. The summed E-state index contributed by atoms with van der Waals surface area (Å²) < 4.78 is 11.6. The second kappa shape index (κ2) is 11.9. The summed E-state index contributed by atoms with van der Waals surface area (Å²) in [4.78, 5) is 25.9. The van der Waals surface area contributed by atoms with E-state index in [2.05, 4.69) is 12.3 Å². The lowest BCUT2D eigenvalue weighted by molar-refractivity contribution is -0.123. The van der Waals surface area contributed by atoms with E-state index in [-0.39, 0.29) is 16.1 Å². The van der Waals surface area contributed by atoms with Crippen LogP contribution in [-0.2, 0) is 4.79 Å². The lowest BCUT2D eigenvalue weighted by Gasteiger charge is -2.16. The van der Waals surface area contributed by atoms with Crippen molar-refractivity contribution < 1.29 is 19.1 Å². The molecule has 1 aliphatic heterocycles. The quantitative estimate of drug-likeness (QED) is 0.273. The number of thiocarbonyl (C=S) groups is 1. The normalized spacial score (nSPS) is 14.6. The fourth-order valence-corrected chi connectivity index (χ4v) is 4.49. The van der Waals surface area contributed by atoms with E-state index in [1.165, 1.54) is 12.8 Å². The molecule has 0 saturated carbocycles. The third kappa shape index (κ3) is 6.36. The second-order valence-electron chi connectivity index (χ2n) is 7.59. The number of aryl methyl sites for hydroxylation is 1. The van der Waals surface area contributed by atoms with E-state index in [1.807, 2.05) is 37.3 Å². The van der Waals surface area contributed by atoms with Crippen molar-refractivity contribution in [2.45, 2.75) is 39.5 Å². The third-order valence-corrected chi connectivity index (χ3v) is 6.44. The Morgan fingerprint density at radius 2 is 1.94 bits per heavy atom. The SMILES string of the molecule is CCCCCCOc1ccc(/C=C2\SC(=S)N(NC(=O)c3ccccc3C)C2=O)cc1OC. The van der Waals surface area contributed by atoms with Crippen molar-refractivity contribution >= 4 is 46.2 Å². The molecule has 0 unspecified atom stereocenters. The second-order valence-corrected chi connectivity index (χ2v) is 9.27. The number of rotatable bonds is 10. The zero-order valence-electron chi connectivity index (χ0n) is 19.1. The summed E-state index contributed by atoms with van der Waals surface area (Å²) in [5.41, 5.74) is 4.70. The van der Waals surface area contributed by atoms with Crippen LogP contribution in [-0.4, -0.2) is 34.9 Å². The van der Waals surface area contributed by atoms with Crippen LogP contribution in [0.25, 0.3) is 6.08 Å². The van der Waals surface area contributed by atoms with E-state index in [0.29, 0.717) is 28.6 Å². The van der Waals surface area contributed by atoms with Gasteiger partial charge in [0.1, 0.15) is 0 Å². The number of ether oxygens (including phenoxy) is 2. The minimum absolute atomic E-state index is 0.271. The smallest absolute Gasteiger partial charge is 0.285 e. The van der Waals surface area contributed by atoms with Crippen LogP contribution in [0.1, 0.15) is 54.1 Å². The fraction of sp³-hybridized carbons (Fsp3) is 0.320. The van der Waals surface area contributed by atoms with Crippen molar-refractivity contribution in [3.05, 3.63) is 64.1 Å². The topological polar surface area (TPSA) is 67.9 Å². The van der Waals surface area contributed by atoms with Gasteiger partial charge in [0.2, 0.25) is 0 Å². The fourth-order valence-electron chi connectivity index (χ4n) is 3.31. The van der Waals surface area contributed by atoms with Crippen LogP contribution in [0.4, 0.5) is 0 Å². The van der Waals surface area contributed by atoms with Gasteiger partial charge < -0.3 is 9.47 Å². The Hall–Kier alpha value is -2.84. The van der Waals surface area contributed by atoms with E-state index >= 15 is 0 Å². The van der Waals surface area contributed by atoms with Crippen molar-refractivity contribution in [2.24, 2.45) is 0 Å². The first-order chi connectivity index (χ1) is 15.9. The molecule has 8 heteroatoms. The van der Waals surface area contributed by atoms with Crippen LogP contribution in [0.5, 0.6) is 11.5 Å². The number of hydrogen-bond donors (Lipinski definition) is 1. The van der Waals surface area contributed by atoms with Crippen LogP contribution in [0.2, 0.25) is 0 Å². The molecule has 0 radical (unpaired) electrons. The maximum Gasteiger partial charge on any atom is 0.285 e. The minimum atomic E-state index is -0.382. The van der Waals surface area contributed by atoms with Crippen molar-refractivity contribution in [3.63, 3.8) is 0 Å². The van der Waals surface area contributed by atoms with Crippen molar-refractivity contribution in [1.82, 2.24) is 10.4 Å². The van der Waals surface area contributed by atoms with Crippen LogP contribution in [0, 0.1) is 6.92 Å². The number of thioether (sulfide) groups is 1. The zero-order chi connectivity index (χ0) is 23.8. The van der Waals surface area contributed by atoms with Crippen molar-refractivity contribution in [1.29, 1.82) is 0 Å². The number of carbonyl (C=O) groups is 2. The standard InChI is InChI=1S/C25H28N2O4S2/c1-4-5-6-9-14-31-20-13-12-18(15-21(20)30-3)16-22-24(29)27(25(32)33-22)26-23(28)19-11-8-7-10-17(19)2/h7-8,10-13,15-16H,4-6,9,14H2,1-3H3,(H,26,28)/b22-16-. The number of nitrogens with one attached hydrogen (secondary N) is 1. The van der Waals surface area contributed by atoms with Gasteiger partial charge in [0.05, 0.1) is 18.6 Å². The largest absolute Gasteiger partial charge is 0.493 e. The number of amides is 2. The van der Waals surface area contributed by atoms with Crippen LogP contribution in [0.3, 0.4) is 0 Å². The summed E-state index contributed by atoms with van der Waals surface area (Å²) in [5.74, 6) is 0.515. The van der Waals surface area contributed by atoms with Gasteiger partial charge in [-0.1, -0.05) is 62.2 Å². The molecule has 1 aliphatic rings. The highest BCUT2D eigenvalue weighted by atomic mass is 32.2. The molecule has 0 bridgehead atoms. The van der Waals surface area contributed by atoms with E-state index in [0.717, 1.165) is 40.7 Å². The average molecular weight is 485 g/mol. The third-order valence-electron chi connectivity index (χ3n) is 5.14. The van der Waals surface area contributed by atoms with Gasteiger partial charge in [-0.15, -0.1) is 0 Å². The van der Waals surface area contributed by atoms with Gasteiger partial charge in [0.25, 0.3) is 11.8 Å². The maximum atomic E-state index is 12.9. The summed E-state index contributed by atoms with van der Waals surface area (Å²) in [6, 6.07) is 12.7. The predicted molar refractivity (Wildman–Crippen MR) is 136 cm³/mol. The van der Waals surface area contributed by atoms with Crippen LogP contribution >= 0.6 is 24.0 Å².